The lowest BCUT2D eigenvalue weighted by Crippen LogP contribution is -2.23. The molecule has 0 bridgehead atoms. The zero-order valence-electron chi connectivity index (χ0n) is 33.1. The summed E-state index contributed by atoms with van der Waals surface area (Å²) in [6.45, 7) is 11.0. The summed E-state index contributed by atoms with van der Waals surface area (Å²) in [5.41, 5.74) is 0. The summed E-state index contributed by atoms with van der Waals surface area (Å²) in [5.74, 6) is -0.506. The molecule has 8 nitrogen and oxygen atoms in total. The number of carbonyl (C=O) groups excluding carboxylic acids is 3. The van der Waals surface area contributed by atoms with Crippen LogP contribution in [0.2, 0.25) is 0 Å². The Morgan fingerprint density at radius 2 is 1.16 bits per heavy atom. The Kier molecular flexibility index (Phi) is 34.7. The molecule has 50 heavy (non-hydrogen) atoms. The van der Waals surface area contributed by atoms with E-state index in [0.29, 0.717) is 32.3 Å². The normalized spacial score (nSPS) is 12.3. The molecule has 0 heterocycles. The standard InChI is InChI=1S/C42H77NO7/c1-6-10-13-14-15-16-17-18-19-20-21-22-23-24-25-32-40(44)48-36-38(37-49-42(46)47-35-28-34-43(5)9-4)29-26-27-33-41(45)50-39(30-11-7-2)31-12-8-3/h15-16,18-19,38-39H,6-14,17,20-37H2,1-5H3/b16-15-,19-18-. The first-order chi connectivity index (χ1) is 24.4. The molecule has 0 aromatic carbocycles. The summed E-state index contributed by atoms with van der Waals surface area (Å²) >= 11 is 0. The maximum absolute atomic E-state index is 12.5. The van der Waals surface area contributed by atoms with E-state index in [1.807, 2.05) is 7.05 Å². The Bertz CT molecular complexity index is 851. The van der Waals surface area contributed by atoms with Crippen molar-refractivity contribution in [3.05, 3.63) is 24.3 Å². The fraction of sp³-hybridized carbons (Fsp3) is 0.833. The number of esters is 2. The molecule has 0 radical (unpaired) electrons. The first-order valence-corrected chi connectivity index (χ1v) is 20.5. The summed E-state index contributed by atoms with van der Waals surface area (Å²) in [4.78, 5) is 39.4. The molecule has 0 spiro atoms. The van der Waals surface area contributed by atoms with Crippen molar-refractivity contribution >= 4 is 18.1 Å². The highest BCUT2D eigenvalue weighted by Gasteiger charge is 2.18. The maximum atomic E-state index is 12.5. The van der Waals surface area contributed by atoms with Gasteiger partial charge in [0.05, 0.1) is 13.2 Å². The third-order valence-electron chi connectivity index (χ3n) is 8.99. The average molecular weight is 708 g/mol. The zero-order valence-corrected chi connectivity index (χ0v) is 33.1. The van der Waals surface area contributed by atoms with Crippen LogP contribution in [0.3, 0.4) is 0 Å². The quantitative estimate of drug-likeness (QED) is 0.0278. The van der Waals surface area contributed by atoms with Gasteiger partial charge in [-0.25, -0.2) is 4.79 Å². The van der Waals surface area contributed by atoms with Gasteiger partial charge in [0.1, 0.15) is 12.7 Å². The van der Waals surface area contributed by atoms with Crippen molar-refractivity contribution in [3.63, 3.8) is 0 Å². The van der Waals surface area contributed by atoms with Gasteiger partial charge in [-0.15, -0.1) is 0 Å². The number of carbonyl (C=O) groups is 3. The molecule has 0 saturated heterocycles. The molecule has 292 valence electrons. The lowest BCUT2D eigenvalue weighted by Gasteiger charge is -2.19. The van der Waals surface area contributed by atoms with E-state index in [9.17, 15) is 14.4 Å². The van der Waals surface area contributed by atoms with Crippen molar-refractivity contribution in [2.24, 2.45) is 5.92 Å². The van der Waals surface area contributed by atoms with Gasteiger partial charge in [0.15, 0.2) is 0 Å². The average Bonchev–Trinajstić information content (AvgIpc) is 3.11. The second-order valence-electron chi connectivity index (χ2n) is 13.8. The Morgan fingerprint density at radius 1 is 0.580 bits per heavy atom. The number of nitrogens with zero attached hydrogens (tertiary/aromatic N) is 1. The fourth-order valence-corrected chi connectivity index (χ4v) is 5.53. The van der Waals surface area contributed by atoms with Gasteiger partial charge in [-0.1, -0.05) is 116 Å². The third kappa shape index (κ3) is 32.8. The second kappa shape index (κ2) is 36.4. The van der Waals surface area contributed by atoms with Gasteiger partial charge in [-0.3, -0.25) is 9.59 Å². The molecule has 0 N–H and O–H groups in total. The Balaban J connectivity index is 4.47. The largest absolute Gasteiger partial charge is 0.508 e. The fourth-order valence-electron chi connectivity index (χ4n) is 5.53. The van der Waals surface area contributed by atoms with Crippen molar-refractivity contribution in [3.8, 4) is 0 Å². The van der Waals surface area contributed by atoms with E-state index >= 15 is 0 Å². The van der Waals surface area contributed by atoms with Crippen molar-refractivity contribution in [1.29, 1.82) is 0 Å². The van der Waals surface area contributed by atoms with Gasteiger partial charge in [0.25, 0.3) is 0 Å². The van der Waals surface area contributed by atoms with Gasteiger partial charge in [0, 0.05) is 25.3 Å². The molecular weight excluding hydrogens is 630 g/mol. The first-order valence-electron chi connectivity index (χ1n) is 20.5. The molecule has 1 unspecified atom stereocenters. The first kappa shape index (κ1) is 47.7. The van der Waals surface area contributed by atoms with Crippen LogP contribution in [0.15, 0.2) is 24.3 Å². The summed E-state index contributed by atoms with van der Waals surface area (Å²) in [7, 11) is 2.03. The molecule has 0 rings (SSSR count). The summed E-state index contributed by atoms with van der Waals surface area (Å²) in [5, 5.41) is 0. The van der Waals surface area contributed by atoms with Crippen LogP contribution in [0.5, 0.6) is 0 Å². The summed E-state index contributed by atoms with van der Waals surface area (Å²) < 4.78 is 22.0. The summed E-state index contributed by atoms with van der Waals surface area (Å²) in [6, 6.07) is 0. The molecule has 0 aromatic heterocycles. The van der Waals surface area contributed by atoms with E-state index in [4.69, 9.17) is 18.9 Å². The van der Waals surface area contributed by atoms with Crippen LogP contribution in [0.1, 0.15) is 175 Å². The van der Waals surface area contributed by atoms with Crippen molar-refractivity contribution in [2.75, 3.05) is 40.0 Å². The van der Waals surface area contributed by atoms with Crippen LogP contribution in [-0.2, 0) is 28.5 Å². The van der Waals surface area contributed by atoms with Crippen molar-refractivity contribution < 1.29 is 33.3 Å². The predicted molar refractivity (Wildman–Crippen MR) is 206 cm³/mol. The van der Waals surface area contributed by atoms with E-state index in [2.05, 4.69) is 56.9 Å². The highest BCUT2D eigenvalue weighted by atomic mass is 16.7. The SMILES string of the molecule is CCCCC/C=C\C/C=C\CCCCCCCC(=O)OCC(CCCCC(=O)OC(CCCC)CCCC)COC(=O)OCCCN(C)CC. The molecule has 0 aliphatic carbocycles. The van der Waals surface area contributed by atoms with Crippen LogP contribution in [-0.4, -0.2) is 69.1 Å². The second-order valence-corrected chi connectivity index (χ2v) is 13.8. The topological polar surface area (TPSA) is 91.4 Å². The Hall–Kier alpha value is -2.35. The van der Waals surface area contributed by atoms with Gasteiger partial charge in [-0.05, 0) is 84.2 Å². The maximum Gasteiger partial charge on any atom is 0.508 e. The smallest absolute Gasteiger partial charge is 0.465 e. The number of ether oxygens (including phenoxy) is 4. The van der Waals surface area contributed by atoms with Gasteiger partial charge >= 0.3 is 18.1 Å². The predicted octanol–water partition coefficient (Wildman–Crippen LogP) is 11.3. The van der Waals surface area contributed by atoms with Crippen LogP contribution in [0.25, 0.3) is 0 Å². The lowest BCUT2D eigenvalue weighted by atomic mass is 10.0. The number of unbranched alkanes of at least 4 members (excludes halogenated alkanes) is 11. The molecular formula is C42H77NO7. The van der Waals surface area contributed by atoms with E-state index in [1.165, 1.54) is 38.5 Å². The lowest BCUT2D eigenvalue weighted by molar-refractivity contribution is -0.150. The molecule has 0 fully saturated rings. The van der Waals surface area contributed by atoms with E-state index in [0.717, 1.165) is 96.6 Å². The van der Waals surface area contributed by atoms with Crippen LogP contribution < -0.4 is 0 Å². The van der Waals surface area contributed by atoms with Gasteiger partial charge in [0.2, 0.25) is 0 Å². The minimum atomic E-state index is -0.695. The zero-order chi connectivity index (χ0) is 36.9. The van der Waals surface area contributed by atoms with Crippen molar-refractivity contribution in [1.82, 2.24) is 4.90 Å². The van der Waals surface area contributed by atoms with Crippen LogP contribution in [0, 0.1) is 5.92 Å². The third-order valence-corrected chi connectivity index (χ3v) is 8.99. The van der Waals surface area contributed by atoms with E-state index in [1.54, 1.807) is 0 Å². The van der Waals surface area contributed by atoms with Crippen LogP contribution in [0.4, 0.5) is 4.79 Å². The summed E-state index contributed by atoms with van der Waals surface area (Å²) in [6.07, 6.45) is 30.7. The van der Waals surface area contributed by atoms with Crippen molar-refractivity contribution in [2.45, 2.75) is 181 Å². The minimum absolute atomic E-state index is 0.0101. The number of hydrogen-bond acceptors (Lipinski definition) is 8. The van der Waals surface area contributed by atoms with E-state index < -0.39 is 6.16 Å². The Morgan fingerprint density at radius 3 is 1.82 bits per heavy atom. The molecule has 8 heteroatoms. The van der Waals surface area contributed by atoms with E-state index in [-0.39, 0.29) is 37.2 Å². The monoisotopic (exact) mass is 708 g/mol. The molecule has 1 atom stereocenters. The molecule has 0 saturated carbocycles. The van der Waals surface area contributed by atoms with Gasteiger partial charge in [-0.2, -0.15) is 0 Å². The highest BCUT2D eigenvalue weighted by molar-refractivity contribution is 5.69. The molecule has 0 aliphatic heterocycles. The highest BCUT2D eigenvalue weighted by Crippen LogP contribution is 2.17. The van der Waals surface area contributed by atoms with Gasteiger partial charge < -0.3 is 23.8 Å². The molecule has 0 aromatic rings. The minimum Gasteiger partial charge on any atom is -0.465 e. The molecule has 0 amide bonds. The Labute approximate surface area is 307 Å². The molecule has 0 aliphatic rings. The number of allylic oxidation sites excluding steroid dienone is 4. The number of hydrogen-bond donors (Lipinski definition) is 0. The van der Waals surface area contributed by atoms with Crippen LogP contribution >= 0.6 is 0 Å². The number of rotatable bonds is 35.